The number of aryl methyl sites for hydroxylation is 1. The highest BCUT2D eigenvalue weighted by atomic mass is 35.5. The summed E-state index contributed by atoms with van der Waals surface area (Å²) in [6.07, 6.45) is 0. The van der Waals surface area contributed by atoms with Crippen molar-refractivity contribution in [2.24, 2.45) is 0 Å². The summed E-state index contributed by atoms with van der Waals surface area (Å²) in [7, 11) is -0.893. The topological polar surface area (TPSA) is 63.7 Å². The molecule has 5 nitrogen and oxygen atoms in total. The summed E-state index contributed by atoms with van der Waals surface area (Å²) < 4.78 is 44.3. The van der Waals surface area contributed by atoms with Crippen LogP contribution in [0.25, 0.3) is 0 Å². The molecule has 2 aromatic carbocycles. The highest BCUT2D eigenvalue weighted by Crippen LogP contribution is 2.22. The van der Waals surface area contributed by atoms with E-state index < -0.39 is 21.8 Å². The zero-order valence-electron chi connectivity index (χ0n) is 13.9. The molecule has 0 fully saturated rings. The number of ether oxygens (including phenoxy) is 1. The van der Waals surface area contributed by atoms with Crippen molar-refractivity contribution in [3.05, 3.63) is 63.9 Å². The van der Waals surface area contributed by atoms with Crippen molar-refractivity contribution < 1.29 is 22.3 Å². The summed E-state index contributed by atoms with van der Waals surface area (Å²) in [5, 5.41) is 0.147. The molecule has 0 aliphatic heterocycles. The largest absolute Gasteiger partial charge is 0.457 e. The minimum atomic E-state index is -3.69. The molecule has 25 heavy (non-hydrogen) atoms. The average Bonchev–Trinajstić information content (AvgIpc) is 2.54. The Bertz CT molecular complexity index is 893. The number of hydrogen-bond acceptors (Lipinski definition) is 4. The van der Waals surface area contributed by atoms with Crippen molar-refractivity contribution in [2.75, 3.05) is 14.1 Å². The maximum Gasteiger partial charge on any atom is 0.338 e. The normalized spacial score (nSPS) is 11.6. The summed E-state index contributed by atoms with van der Waals surface area (Å²) in [5.41, 5.74) is 0.699. The summed E-state index contributed by atoms with van der Waals surface area (Å²) in [5.74, 6) is -1.34. The van der Waals surface area contributed by atoms with Gasteiger partial charge in [-0.05, 0) is 36.8 Å². The van der Waals surface area contributed by atoms with Gasteiger partial charge in [-0.1, -0.05) is 23.7 Å². The van der Waals surface area contributed by atoms with Crippen molar-refractivity contribution in [3.8, 4) is 0 Å². The lowest BCUT2D eigenvalue weighted by Crippen LogP contribution is -2.22. The molecule has 0 saturated carbocycles. The van der Waals surface area contributed by atoms with E-state index in [1.54, 1.807) is 6.92 Å². The fraction of sp³-hybridized carbons (Fsp3) is 0.235. The van der Waals surface area contributed by atoms with E-state index in [1.807, 2.05) is 0 Å². The number of sulfonamides is 1. The van der Waals surface area contributed by atoms with Gasteiger partial charge < -0.3 is 4.74 Å². The number of nitrogens with zero attached hydrogens (tertiary/aromatic N) is 1. The van der Waals surface area contributed by atoms with Crippen molar-refractivity contribution in [2.45, 2.75) is 18.4 Å². The van der Waals surface area contributed by atoms with Crippen LogP contribution in [0.1, 0.15) is 21.5 Å². The van der Waals surface area contributed by atoms with Crippen LogP contribution in [0.3, 0.4) is 0 Å². The number of carbonyl (C=O) groups excluding carboxylic acids is 1. The van der Waals surface area contributed by atoms with Gasteiger partial charge in [-0.25, -0.2) is 21.9 Å². The second kappa shape index (κ2) is 7.51. The summed E-state index contributed by atoms with van der Waals surface area (Å²) in [6.45, 7) is 1.30. The number of esters is 1. The van der Waals surface area contributed by atoms with Crippen LogP contribution in [0.15, 0.2) is 41.3 Å². The van der Waals surface area contributed by atoms with Gasteiger partial charge in [0.25, 0.3) is 0 Å². The van der Waals surface area contributed by atoms with Gasteiger partial charge in [-0.15, -0.1) is 0 Å². The molecule has 2 rings (SSSR count). The molecule has 0 radical (unpaired) electrons. The van der Waals surface area contributed by atoms with E-state index in [9.17, 15) is 17.6 Å². The quantitative estimate of drug-likeness (QED) is 0.740. The van der Waals surface area contributed by atoms with Crippen LogP contribution in [0.4, 0.5) is 4.39 Å². The van der Waals surface area contributed by atoms with Crippen molar-refractivity contribution in [1.29, 1.82) is 0 Å². The molecule has 0 bridgehead atoms. The highest BCUT2D eigenvalue weighted by molar-refractivity contribution is 7.89. The third-order valence-corrected chi connectivity index (χ3v) is 5.78. The van der Waals surface area contributed by atoms with Gasteiger partial charge in [0, 0.05) is 19.7 Å². The van der Waals surface area contributed by atoms with Gasteiger partial charge in [0.15, 0.2) is 0 Å². The standard InChI is InChI=1S/C17H17ClFNO4S/c1-11-7-8-12(25(22,23)20(2)3)9-13(11)17(21)24-10-14-15(18)5-4-6-16(14)19/h4-9H,10H2,1-3H3. The first-order chi connectivity index (χ1) is 11.6. The third-order valence-electron chi connectivity index (χ3n) is 3.62. The molecule has 0 atom stereocenters. The van der Waals surface area contributed by atoms with E-state index in [-0.39, 0.29) is 27.7 Å². The SMILES string of the molecule is Cc1ccc(S(=O)(=O)N(C)C)cc1C(=O)OCc1c(F)cccc1Cl. The summed E-state index contributed by atoms with van der Waals surface area (Å²) in [6, 6.07) is 8.32. The first-order valence-corrected chi connectivity index (χ1v) is 9.09. The van der Waals surface area contributed by atoms with Gasteiger partial charge in [0.1, 0.15) is 12.4 Å². The van der Waals surface area contributed by atoms with E-state index in [2.05, 4.69) is 0 Å². The van der Waals surface area contributed by atoms with Crippen LogP contribution in [-0.4, -0.2) is 32.8 Å². The summed E-state index contributed by atoms with van der Waals surface area (Å²) in [4.78, 5) is 12.3. The second-order valence-electron chi connectivity index (χ2n) is 5.54. The molecular weight excluding hydrogens is 369 g/mol. The molecule has 0 spiro atoms. The minimum Gasteiger partial charge on any atom is -0.457 e. The van der Waals surface area contributed by atoms with Crippen LogP contribution in [-0.2, 0) is 21.4 Å². The fourth-order valence-corrected chi connectivity index (χ4v) is 3.22. The predicted octanol–water partition coefficient (Wildman–Crippen LogP) is 3.39. The van der Waals surface area contributed by atoms with E-state index in [0.717, 1.165) is 4.31 Å². The van der Waals surface area contributed by atoms with Crippen molar-refractivity contribution in [3.63, 3.8) is 0 Å². The molecular formula is C17H17ClFNO4S. The van der Waals surface area contributed by atoms with Crippen LogP contribution in [0, 0.1) is 12.7 Å². The molecule has 0 unspecified atom stereocenters. The number of halogens is 2. The number of hydrogen-bond donors (Lipinski definition) is 0. The maximum absolute atomic E-state index is 13.7. The monoisotopic (exact) mass is 385 g/mol. The first kappa shape index (κ1) is 19.4. The second-order valence-corrected chi connectivity index (χ2v) is 8.10. The smallest absolute Gasteiger partial charge is 0.338 e. The zero-order valence-corrected chi connectivity index (χ0v) is 15.5. The fourth-order valence-electron chi connectivity index (χ4n) is 2.08. The Hall–Kier alpha value is -1.96. The highest BCUT2D eigenvalue weighted by Gasteiger charge is 2.21. The Morgan fingerprint density at radius 2 is 1.92 bits per heavy atom. The van der Waals surface area contributed by atoms with E-state index in [1.165, 1.54) is 50.5 Å². The third kappa shape index (κ3) is 4.18. The van der Waals surface area contributed by atoms with E-state index >= 15 is 0 Å². The number of benzene rings is 2. The minimum absolute atomic E-state index is 0.0287. The van der Waals surface area contributed by atoms with E-state index in [0.29, 0.717) is 5.56 Å². The van der Waals surface area contributed by atoms with Gasteiger partial charge in [0.2, 0.25) is 10.0 Å². The van der Waals surface area contributed by atoms with Crippen LogP contribution in [0.2, 0.25) is 5.02 Å². The zero-order chi connectivity index (χ0) is 18.8. The van der Waals surface area contributed by atoms with Gasteiger partial charge in [-0.3, -0.25) is 0 Å². The molecule has 134 valence electrons. The van der Waals surface area contributed by atoms with Crippen molar-refractivity contribution in [1.82, 2.24) is 4.31 Å². The Kier molecular flexibility index (Phi) is 5.82. The van der Waals surface area contributed by atoms with Crippen LogP contribution in [0.5, 0.6) is 0 Å². The maximum atomic E-state index is 13.7. The molecule has 0 aliphatic rings. The molecule has 8 heteroatoms. The Morgan fingerprint density at radius 1 is 1.24 bits per heavy atom. The lowest BCUT2D eigenvalue weighted by Gasteiger charge is -2.14. The molecule has 0 aliphatic carbocycles. The van der Waals surface area contributed by atoms with Gasteiger partial charge >= 0.3 is 5.97 Å². The Labute approximate surface area is 151 Å². The lowest BCUT2D eigenvalue weighted by molar-refractivity contribution is 0.0468. The molecule has 0 N–H and O–H groups in total. The van der Waals surface area contributed by atoms with Crippen LogP contribution >= 0.6 is 11.6 Å². The van der Waals surface area contributed by atoms with Gasteiger partial charge in [0.05, 0.1) is 15.5 Å². The Morgan fingerprint density at radius 3 is 2.52 bits per heavy atom. The first-order valence-electron chi connectivity index (χ1n) is 7.27. The van der Waals surface area contributed by atoms with Crippen LogP contribution < -0.4 is 0 Å². The predicted molar refractivity (Wildman–Crippen MR) is 92.6 cm³/mol. The molecule has 2 aromatic rings. The molecule has 0 aromatic heterocycles. The van der Waals surface area contributed by atoms with E-state index in [4.69, 9.17) is 16.3 Å². The number of rotatable bonds is 5. The number of carbonyl (C=O) groups is 1. The van der Waals surface area contributed by atoms with Crippen molar-refractivity contribution >= 4 is 27.6 Å². The summed E-state index contributed by atoms with van der Waals surface area (Å²) >= 11 is 5.89. The molecule has 0 saturated heterocycles. The van der Waals surface area contributed by atoms with Gasteiger partial charge in [-0.2, -0.15) is 0 Å². The lowest BCUT2D eigenvalue weighted by atomic mass is 10.1. The average molecular weight is 386 g/mol. The molecule has 0 heterocycles. The Balaban J connectivity index is 2.28. The molecule has 0 amide bonds.